The first-order valence-electron chi connectivity index (χ1n) is 30.8. The smallest absolute Gasteiger partial charge is 0.235 e. The molecule has 436 valence electrons. The molecule has 0 saturated heterocycles. The van der Waals surface area contributed by atoms with E-state index in [2.05, 4.69) is 265 Å². The minimum atomic E-state index is 0.568. The molecule has 0 radical (unpaired) electrons. The standard InChI is InChI=1S/C41H24N4S.C22H13NS.C19H12BrN3/c1-2-12-25(13-3-1)26-14-10-15-27(24-26)37-38-32(20-11-23-42-38)43-41(44-37)45-33-21-8-6-18-30(33)36-39(45)29-17-5-4-16-28(29)35-31-19-7-9-22-34(31)46-40(35)36;1-2-8-14-13(7-1)19-16-10-4-6-12-18(16)24-22(19)20-15-9-3-5-11-17(15)23-21(14)20;20-19-22-16-10-5-11-21-18(16)17(23-19)15-9-4-8-14(12-15)13-6-2-1-3-7-13/h1-24H;1-12,23H;1-12H. The van der Waals surface area contributed by atoms with E-state index >= 15 is 0 Å². The molecule has 0 amide bonds. The molecule has 0 fully saturated rings. The number of thiophene rings is 2. The molecule has 0 bridgehead atoms. The lowest BCUT2D eigenvalue weighted by molar-refractivity contribution is 1.01. The van der Waals surface area contributed by atoms with Crippen LogP contribution in [0.5, 0.6) is 0 Å². The van der Waals surface area contributed by atoms with E-state index in [1.165, 1.54) is 100 Å². The van der Waals surface area contributed by atoms with Crippen molar-refractivity contribution in [2.24, 2.45) is 0 Å². The predicted molar refractivity (Wildman–Crippen MR) is 395 cm³/mol. The molecule has 8 nitrogen and oxygen atoms in total. The van der Waals surface area contributed by atoms with E-state index in [-0.39, 0.29) is 0 Å². The summed E-state index contributed by atoms with van der Waals surface area (Å²) in [5.74, 6) is 0.637. The summed E-state index contributed by atoms with van der Waals surface area (Å²) in [4.78, 5) is 32.4. The first-order valence-corrected chi connectivity index (χ1v) is 33.2. The number of aromatic nitrogens is 8. The Morgan fingerprint density at radius 2 is 0.796 bits per heavy atom. The monoisotopic (exact) mass is 1290 g/mol. The maximum absolute atomic E-state index is 5.37. The number of halogens is 1. The van der Waals surface area contributed by atoms with Gasteiger partial charge in [-0.1, -0.05) is 218 Å². The Balaban J connectivity index is 0.000000114. The van der Waals surface area contributed by atoms with Gasteiger partial charge in [-0.2, -0.15) is 0 Å². The predicted octanol–water partition coefficient (Wildman–Crippen LogP) is 22.9. The van der Waals surface area contributed by atoms with Gasteiger partial charge in [0.1, 0.15) is 22.4 Å². The third-order valence-electron chi connectivity index (χ3n) is 17.7. The number of aromatic amines is 1. The van der Waals surface area contributed by atoms with E-state index in [9.17, 15) is 0 Å². The van der Waals surface area contributed by atoms with Gasteiger partial charge in [-0.05, 0) is 110 Å². The van der Waals surface area contributed by atoms with Gasteiger partial charge in [0.15, 0.2) is 4.73 Å². The highest BCUT2D eigenvalue weighted by Gasteiger charge is 2.25. The first-order chi connectivity index (χ1) is 46.1. The number of nitrogens with zero attached hydrogens (tertiary/aromatic N) is 7. The fourth-order valence-electron chi connectivity index (χ4n) is 13.7. The van der Waals surface area contributed by atoms with Gasteiger partial charge < -0.3 is 4.98 Å². The van der Waals surface area contributed by atoms with Crippen LogP contribution in [0.2, 0.25) is 0 Å². The molecule has 20 rings (SSSR count). The average Bonchev–Trinajstić information content (AvgIpc) is 1.56. The summed E-state index contributed by atoms with van der Waals surface area (Å²) in [6.45, 7) is 0. The molecule has 8 aromatic heterocycles. The van der Waals surface area contributed by atoms with Crippen molar-refractivity contribution in [3.63, 3.8) is 0 Å². The molecular formula is C82H49BrN8S2. The number of rotatable bonds is 5. The number of benzene rings is 12. The minimum Gasteiger partial charge on any atom is -0.354 e. The van der Waals surface area contributed by atoms with Crippen molar-refractivity contribution in [2.75, 3.05) is 0 Å². The molecule has 11 heteroatoms. The van der Waals surface area contributed by atoms with Crippen molar-refractivity contribution in [3.05, 3.63) is 296 Å². The second-order valence-corrected chi connectivity index (χ2v) is 25.9. The lowest BCUT2D eigenvalue weighted by Gasteiger charge is -2.13. The van der Waals surface area contributed by atoms with E-state index in [1.807, 2.05) is 83.5 Å². The van der Waals surface area contributed by atoms with E-state index in [0.29, 0.717) is 10.7 Å². The Morgan fingerprint density at radius 3 is 1.42 bits per heavy atom. The quantitative estimate of drug-likeness (QED) is 0.172. The zero-order chi connectivity index (χ0) is 61.5. The van der Waals surface area contributed by atoms with Crippen LogP contribution in [0.3, 0.4) is 0 Å². The van der Waals surface area contributed by atoms with E-state index < -0.39 is 0 Å². The zero-order valence-corrected chi connectivity index (χ0v) is 52.8. The number of nitrogens with one attached hydrogen (secondary N) is 1. The maximum atomic E-state index is 5.37. The lowest BCUT2D eigenvalue weighted by Crippen LogP contribution is -2.04. The van der Waals surface area contributed by atoms with Crippen LogP contribution in [-0.4, -0.2) is 39.5 Å². The van der Waals surface area contributed by atoms with Crippen LogP contribution in [0, 0.1) is 0 Å². The van der Waals surface area contributed by atoms with Crippen molar-refractivity contribution in [1.82, 2.24) is 39.5 Å². The Labute approximate surface area is 548 Å². The highest BCUT2D eigenvalue weighted by molar-refractivity contribution is 9.10. The van der Waals surface area contributed by atoms with Gasteiger partial charge in [-0.3, -0.25) is 14.5 Å². The van der Waals surface area contributed by atoms with Crippen molar-refractivity contribution in [1.29, 1.82) is 0 Å². The molecule has 0 aliphatic carbocycles. The summed E-state index contributed by atoms with van der Waals surface area (Å²) >= 11 is 7.17. The number of para-hydroxylation sites is 2. The average molecular weight is 1290 g/mol. The Morgan fingerprint density at radius 1 is 0.333 bits per heavy atom. The SMILES string of the molecule is Brc1nc(-c2cccc(-c3ccccc3)c2)c2ncccc2n1.c1ccc(-c2cccc(-c3nc(-n4c5ccccc5c5c6sc7ccccc7c6c6ccccc6c54)nc4cccnc34)c2)cc1.c1ccc2c(c1)[nH]c1c3ccccc3c3c4ccccc4sc3c21. The van der Waals surface area contributed by atoms with E-state index in [4.69, 9.17) is 15.0 Å². The van der Waals surface area contributed by atoms with Gasteiger partial charge in [0.25, 0.3) is 0 Å². The summed E-state index contributed by atoms with van der Waals surface area (Å²) in [6, 6.07) is 97.8. The highest BCUT2D eigenvalue weighted by atomic mass is 79.9. The Kier molecular flexibility index (Phi) is 13.2. The number of fused-ring (bicyclic) bond motifs is 22. The Bertz CT molecular complexity index is 6350. The lowest BCUT2D eigenvalue weighted by atomic mass is 10.00. The zero-order valence-electron chi connectivity index (χ0n) is 49.5. The number of hydrogen-bond donors (Lipinski definition) is 1. The summed E-state index contributed by atoms with van der Waals surface area (Å²) in [6.07, 6.45) is 3.59. The molecule has 0 aliphatic rings. The van der Waals surface area contributed by atoms with Crippen LogP contribution < -0.4 is 0 Å². The van der Waals surface area contributed by atoms with Crippen LogP contribution in [-0.2, 0) is 0 Å². The fourth-order valence-corrected chi connectivity index (χ4v) is 16.6. The van der Waals surface area contributed by atoms with E-state index in [0.717, 1.165) is 72.3 Å². The summed E-state index contributed by atoms with van der Waals surface area (Å²) < 4.78 is 8.17. The summed E-state index contributed by atoms with van der Waals surface area (Å²) in [5, 5.41) is 15.6. The molecule has 0 atom stereocenters. The Hall–Kier alpha value is -11.3. The second-order valence-electron chi connectivity index (χ2n) is 23.0. The summed E-state index contributed by atoms with van der Waals surface area (Å²) in [7, 11) is 0. The molecule has 0 spiro atoms. The fraction of sp³-hybridized carbons (Fsp3) is 0. The van der Waals surface area contributed by atoms with Crippen molar-refractivity contribution in [2.45, 2.75) is 0 Å². The number of hydrogen-bond acceptors (Lipinski definition) is 8. The van der Waals surface area contributed by atoms with Crippen molar-refractivity contribution >= 4 is 166 Å². The largest absolute Gasteiger partial charge is 0.354 e. The number of H-pyrrole nitrogens is 1. The molecule has 20 aromatic rings. The molecule has 12 aromatic carbocycles. The van der Waals surface area contributed by atoms with Gasteiger partial charge in [0.05, 0.1) is 27.6 Å². The van der Waals surface area contributed by atoms with E-state index in [1.54, 1.807) is 6.20 Å². The van der Waals surface area contributed by atoms with Crippen molar-refractivity contribution in [3.8, 4) is 50.7 Å². The van der Waals surface area contributed by atoms with Crippen molar-refractivity contribution < 1.29 is 0 Å². The van der Waals surface area contributed by atoms with Crippen LogP contribution in [0.25, 0.3) is 178 Å². The molecule has 1 N–H and O–H groups in total. The normalized spacial score (nSPS) is 11.7. The third-order valence-corrected chi connectivity index (χ3v) is 20.4. The van der Waals surface area contributed by atoms with Gasteiger partial charge in [-0.25, -0.2) is 19.9 Å². The topological polar surface area (TPSA) is 98.1 Å². The molecule has 0 aliphatic heterocycles. The van der Waals surface area contributed by atoms with Crippen LogP contribution in [0.15, 0.2) is 296 Å². The van der Waals surface area contributed by atoms with Gasteiger partial charge >= 0.3 is 0 Å². The molecule has 0 unspecified atom stereocenters. The van der Waals surface area contributed by atoms with Crippen LogP contribution in [0.1, 0.15) is 0 Å². The molecular weight excluding hydrogens is 1240 g/mol. The maximum Gasteiger partial charge on any atom is 0.235 e. The second kappa shape index (κ2) is 22.5. The van der Waals surface area contributed by atoms with Gasteiger partial charge in [0.2, 0.25) is 5.95 Å². The van der Waals surface area contributed by atoms with Crippen LogP contribution in [0.4, 0.5) is 0 Å². The third kappa shape index (κ3) is 9.22. The molecule has 0 saturated carbocycles. The van der Waals surface area contributed by atoms with Gasteiger partial charge in [-0.15, -0.1) is 22.7 Å². The molecule has 8 heterocycles. The summed E-state index contributed by atoms with van der Waals surface area (Å²) in [5.41, 5.74) is 16.2. The van der Waals surface area contributed by atoms with Crippen LogP contribution >= 0.6 is 38.6 Å². The molecule has 93 heavy (non-hydrogen) atoms. The minimum absolute atomic E-state index is 0.568. The number of pyridine rings is 2. The highest BCUT2D eigenvalue weighted by Crippen LogP contribution is 2.49. The first kappa shape index (κ1) is 54.6. The van der Waals surface area contributed by atoms with Gasteiger partial charge in [0, 0.05) is 102 Å².